The van der Waals surface area contributed by atoms with Gasteiger partial charge < -0.3 is 19.7 Å². The first-order chi connectivity index (χ1) is 15.5. The van der Waals surface area contributed by atoms with Gasteiger partial charge in [-0.05, 0) is 49.7 Å². The number of halogens is 2. The van der Waals surface area contributed by atoms with E-state index in [4.69, 9.17) is 9.47 Å². The van der Waals surface area contributed by atoms with Crippen molar-refractivity contribution in [3.8, 4) is 0 Å². The number of fused-ring (bicyclic) bond motifs is 7. The number of alkyl halides is 2. The summed E-state index contributed by atoms with van der Waals surface area (Å²) in [5.41, 5.74) is -5.82. The lowest BCUT2D eigenvalue weighted by molar-refractivity contribution is -0.242. The summed E-state index contributed by atoms with van der Waals surface area (Å²) in [4.78, 5) is 25.2. The average molecular weight is 469 g/mol. The molecule has 8 heteroatoms. The molecule has 3 saturated carbocycles. The standard InChI is InChI=1S/C25H34F2O6/c1-4-5-21-32-20-10-14-15-9-17(26)16-8-13(29)6-7-22(16,2)24(15,27)18(30)11-23(14,3)25(20,33-21)19(31)12-28/h8,14-15,17-18,20-21,28,30H,4-7,9-12H2,1-3H3/t14?,15?,17-,18?,20+,21-,22-,23-,24-,25+/m0/s1. The molecule has 0 amide bonds. The highest BCUT2D eigenvalue weighted by molar-refractivity contribution is 5.92. The van der Waals surface area contributed by atoms with E-state index in [9.17, 15) is 19.8 Å². The van der Waals surface area contributed by atoms with Crippen molar-refractivity contribution < 1.29 is 38.1 Å². The van der Waals surface area contributed by atoms with Gasteiger partial charge in [0, 0.05) is 23.2 Å². The monoisotopic (exact) mass is 468 g/mol. The summed E-state index contributed by atoms with van der Waals surface area (Å²) in [5.74, 6) is -2.10. The number of aliphatic hydroxyl groups is 2. The SMILES string of the molecule is CCC[C@H]1O[C@@H]2CC3C4C[C@H](F)C5=CC(=O)CC[C@]5(C)[C@@]4(F)C(O)C[C@]3(C)[C@]2(C(=O)CO)O1. The van der Waals surface area contributed by atoms with E-state index in [-0.39, 0.29) is 37.0 Å². The molecule has 0 bridgehead atoms. The molecule has 0 radical (unpaired) electrons. The third-order valence-electron chi connectivity index (χ3n) is 9.90. The zero-order valence-corrected chi connectivity index (χ0v) is 19.5. The average Bonchev–Trinajstić information content (AvgIpc) is 3.24. The summed E-state index contributed by atoms with van der Waals surface area (Å²) in [5, 5.41) is 21.3. The van der Waals surface area contributed by atoms with E-state index >= 15 is 8.78 Å². The number of hydrogen-bond acceptors (Lipinski definition) is 6. The van der Waals surface area contributed by atoms with Crippen molar-refractivity contribution in [2.45, 2.75) is 102 Å². The molecule has 6 nitrogen and oxygen atoms in total. The summed E-state index contributed by atoms with van der Waals surface area (Å²) >= 11 is 0. The molecule has 0 aromatic rings. The first-order valence-corrected chi connectivity index (χ1v) is 12.2. The topological polar surface area (TPSA) is 93.1 Å². The van der Waals surface area contributed by atoms with E-state index in [0.717, 1.165) is 6.42 Å². The lowest BCUT2D eigenvalue weighted by Crippen LogP contribution is -2.71. The number of ketones is 2. The van der Waals surface area contributed by atoms with E-state index in [1.54, 1.807) is 13.8 Å². The number of ether oxygens (including phenoxy) is 2. The molecule has 4 fully saturated rings. The smallest absolute Gasteiger partial charge is 0.193 e. The van der Waals surface area contributed by atoms with Gasteiger partial charge in [0.2, 0.25) is 0 Å². The van der Waals surface area contributed by atoms with Gasteiger partial charge in [-0.2, -0.15) is 0 Å². The van der Waals surface area contributed by atoms with Crippen molar-refractivity contribution in [1.82, 2.24) is 0 Å². The van der Waals surface area contributed by atoms with Gasteiger partial charge in [0.25, 0.3) is 0 Å². The van der Waals surface area contributed by atoms with Gasteiger partial charge in [-0.25, -0.2) is 8.78 Å². The number of carbonyl (C=O) groups excluding carboxylic acids is 2. The van der Waals surface area contributed by atoms with Crippen LogP contribution in [0.15, 0.2) is 11.6 Å². The lowest BCUT2D eigenvalue weighted by atomic mass is 9.43. The first-order valence-electron chi connectivity index (χ1n) is 12.2. The lowest BCUT2D eigenvalue weighted by Gasteiger charge is -2.64. The molecule has 2 N–H and O–H groups in total. The molecule has 1 heterocycles. The molecule has 10 atom stereocenters. The van der Waals surface area contributed by atoms with Gasteiger partial charge >= 0.3 is 0 Å². The van der Waals surface area contributed by atoms with Crippen molar-refractivity contribution in [3.05, 3.63) is 11.6 Å². The Morgan fingerprint density at radius 3 is 2.67 bits per heavy atom. The highest BCUT2D eigenvalue weighted by Crippen LogP contribution is 2.72. The maximum Gasteiger partial charge on any atom is 0.193 e. The highest BCUT2D eigenvalue weighted by atomic mass is 19.1. The van der Waals surface area contributed by atoms with Crippen LogP contribution in [0.5, 0.6) is 0 Å². The number of hydrogen-bond donors (Lipinski definition) is 2. The van der Waals surface area contributed by atoms with Crippen LogP contribution in [0.3, 0.4) is 0 Å². The van der Waals surface area contributed by atoms with Gasteiger partial charge in [0.15, 0.2) is 23.5 Å². The summed E-state index contributed by atoms with van der Waals surface area (Å²) < 4.78 is 45.1. The molecule has 0 spiro atoms. The molecule has 0 aromatic carbocycles. The fourth-order valence-electron chi connectivity index (χ4n) is 8.36. The van der Waals surface area contributed by atoms with Crippen molar-refractivity contribution in [3.63, 3.8) is 0 Å². The summed E-state index contributed by atoms with van der Waals surface area (Å²) in [7, 11) is 0. The third-order valence-corrected chi connectivity index (χ3v) is 9.90. The normalized spacial score (nSPS) is 53.1. The van der Waals surface area contributed by atoms with Gasteiger partial charge in [-0.3, -0.25) is 9.59 Å². The van der Waals surface area contributed by atoms with Crippen molar-refractivity contribution in [2.24, 2.45) is 22.7 Å². The van der Waals surface area contributed by atoms with E-state index in [1.165, 1.54) is 6.08 Å². The predicted octanol–water partition coefficient (Wildman–Crippen LogP) is 2.98. The number of Topliss-reactive ketones (excluding diaryl/α,β-unsaturated/α-hetero) is 1. The maximum atomic E-state index is 17.2. The van der Waals surface area contributed by atoms with E-state index in [2.05, 4.69) is 0 Å². The summed E-state index contributed by atoms with van der Waals surface area (Å²) in [6, 6.07) is 0. The van der Waals surface area contributed by atoms with Gasteiger partial charge in [-0.15, -0.1) is 0 Å². The van der Waals surface area contributed by atoms with Crippen LogP contribution in [0.25, 0.3) is 0 Å². The Bertz CT molecular complexity index is 907. The quantitative estimate of drug-likeness (QED) is 0.659. The first kappa shape index (κ1) is 23.5. The molecule has 1 aliphatic heterocycles. The second-order valence-corrected chi connectivity index (χ2v) is 11.2. The van der Waals surface area contributed by atoms with E-state index in [0.29, 0.717) is 12.8 Å². The maximum absolute atomic E-state index is 17.2. The molecule has 0 aromatic heterocycles. The Balaban J connectivity index is 1.61. The fraction of sp³-hybridized carbons (Fsp3) is 0.840. The zero-order valence-electron chi connectivity index (χ0n) is 19.5. The molecule has 5 rings (SSSR count). The van der Waals surface area contributed by atoms with E-state index < -0.39 is 71.0 Å². The van der Waals surface area contributed by atoms with Crippen molar-refractivity contribution in [2.75, 3.05) is 6.61 Å². The van der Waals surface area contributed by atoms with Crippen LogP contribution < -0.4 is 0 Å². The van der Waals surface area contributed by atoms with Crippen LogP contribution in [0.1, 0.15) is 65.7 Å². The molecular formula is C25H34F2O6. The number of rotatable bonds is 4. The Morgan fingerprint density at radius 1 is 1.27 bits per heavy atom. The molecule has 4 aliphatic carbocycles. The van der Waals surface area contributed by atoms with Crippen LogP contribution in [0.2, 0.25) is 0 Å². The Hall–Kier alpha value is -1.22. The van der Waals surface area contributed by atoms with Crippen LogP contribution in [-0.4, -0.2) is 64.3 Å². The van der Waals surface area contributed by atoms with Crippen LogP contribution in [0.4, 0.5) is 8.78 Å². The minimum atomic E-state index is -2.14. The van der Waals surface area contributed by atoms with Crippen LogP contribution in [-0.2, 0) is 19.1 Å². The van der Waals surface area contributed by atoms with Gasteiger partial charge in [0.05, 0.1) is 12.2 Å². The second-order valence-electron chi connectivity index (χ2n) is 11.2. The number of allylic oxidation sites excluding steroid dienone is 1. The fourth-order valence-corrected chi connectivity index (χ4v) is 8.36. The Labute approximate surface area is 192 Å². The zero-order chi connectivity index (χ0) is 24.0. The number of aliphatic hydroxyl groups excluding tert-OH is 2. The minimum Gasteiger partial charge on any atom is -0.390 e. The van der Waals surface area contributed by atoms with Crippen molar-refractivity contribution >= 4 is 11.6 Å². The predicted molar refractivity (Wildman–Crippen MR) is 114 cm³/mol. The molecule has 184 valence electrons. The Kier molecular flexibility index (Phi) is 5.27. The summed E-state index contributed by atoms with van der Waals surface area (Å²) in [6.07, 6.45) is -1.37. The molecule has 33 heavy (non-hydrogen) atoms. The molecule has 5 aliphatic rings. The second kappa shape index (κ2) is 7.39. The molecule has 3 unspecified atom stereocenters. The molecule has 1 saturated heterocycles. The minimum absolute atomic E-state index is 0.0666. The van der Waals surface area contributed by atoms with Gasteiger partial charge in [0.1, 0.15) is 18.4 Å². The third kappa shape index (κ3) is 2.67. The number of carbonyl (C=O) groups is 2. The highest BCUT2D eigenvalue weighted by Gasteiger charge is 2.80. The molecular weight excluding hydrogens is 434 g/mol. The van der Waals surface area contributed by atoms with Crippen LogP contribution >= 0.6 is 0 Å². The van der Waals surface area contributed by atoms with Gasteiger partial charge in [-0.1, -0.05) is 27.2 Å². The largest absolute Gasteiger partial charge is 0.390 e. The Morgan fingerprint density at radius 2 is 2.00 bits per heavy atom. The summed E-state index contributed by atoms with van der Waals surface area (Å²) in [6.45, 7) is 4.65. The van der Waals surface area contributed by atoms with E-state index in [1.807, 2.05) is 6.92 Å². The van der Waals surface area contributed by atoms with Crippen molar-refractivity contribution in [1.29, 1.82) is 0 Å². The van der Waals surface area contributed by atoms with Crippen LogP contribution in [0, 0.1) is 22.7 Å².